The molecule has 4 aromatic rings. The first-order valence-corrected chi connectivity index (χ1v) is 16.6. The number of aryl methyl sites for hydroxylation is 1. The van der Waals surface area contributed by atoms with Crippen LogP contribution >= 0.6 is 0 Å². The van der Waals surface area contributed by atoms with E-state index in [1.165, 1.54) is 0 Å². The van der Waals surface area contributed by atoms with E-state index in [1.807, 2.05) is 66.7 Å². The van der Waals surface area contributed by atoms with Crippen molar-refractivity contribution in [2.45, 2.75) is 63.7 Å². The normalized spacial score (nSPS) is 13.3. The molecular weight excluding hydrogens is 636 g/mol. The molecule has 2 atom stereocenters. The fourth-order valence-electron chi connectivity index (χ4n) is 6.08. The summed E-state index contributed by atoms with van der Waals surface area (Å²) in [5, 5.41) is 16.3. The first-order chi connectivity index (χ1) is 24.0. The van der Waals surface area contributed by atoms with Crippen LogP contribution in [-0.4, -0.2) is 55.5 Å². The molecule has 0 bridgehead atoms. The van der Waals surface area contributed by atoms with Gasteiger partial charge in [0.25, 0.3) is 0 Å². The van der Waals surface area contributed by atoms with Crippen LogP contribution in [0.25, 0.3) is 11.1 Å². The molecule has 0 saturated carbocycles. The monoisotopic (exact) mass is 680 g/mol. The SMILES string of the molecule is COc1ccc(CC[C@H](O)c2cccc(NC(=O)C[C@H](NC(=O)OCC3c4ccccc4-c4ccccc43)C(=O)OC(C)(C)C)c2)cc1OC. The lowest BCUT2D eigenvalue weighted by Crippen LogP contribution is -2.46. The van der Waals surface area contributed by atoms with Crippen molar-refractivity contribution in [3.8, 4) is 22.6 Å². The van der Waals surface area contributed by atoms with Gasteiger partial charge in [-0.15, -0.1) is 0 Å². The Kier molecular flexibility index (Phi) is 11.4. The van der Waals surface area contributed by atoms with Crippen molar-refractivity contribution in [3.05, 3.63) is 113 Å². The maximum atomic E-state index is 13.2. The van der Waals surface area contributed by atoms with Gasteiger partial charge in [0.05, 0.1) is 26.7 Å². The second-order valence-electron chi connectivity index (χ2n) is 13.2. The fourth-order valence-corrected chi connectivity index (χ4v) is 6.08. The molecular formula is C40H44N2O8. The fraction of sp³-hybridized carbons (Fsp3) is 0.325. The number of amides is 2. The van der Waals surface area contributed by atoms with Gasteiger partial charge in [-0.2, -0.15) is 0 Å². The van der Waals surface area contributed by atoms with Gasteiger partial charge in [-0.05, 0) is 91.3 Å². The zero-order chi connectivity index (χ0) is 35.8. The summed E-state index contributed by atoms with van der Waals surface area (Å²) in [6.07, 6.45) is -1.03. The number of nitrogens with one attached hydrogen (secondary N) is 2. The van der Waals surface area contributed by atoms with Crippen LogP contribution in [0.1, 0.15) is 67.9 Å². The molecule has 0 saturated heterocycles. The first kappa shape index (κ1) is 35.9. The average molecular weight is 681 g/mol. The molecule has 2 amide bonds. The van der Waals surface area contributed by atoms with E-state index >= 15 is 0 Å². The lowest BCUT2D eigenvalue weighted by atomic mass is 9.98. The molecule has 0 spiro atoms. The summed E-state index contributed by atoms with van der Waals surface area (Å²) in [5.41, 5.74) is 5.46. The standard InChI is InChI=1S/C40H44N2O8/c1-40(2,3)50-38(45)33(42-39(46)49-24-32-30-15-8-6-13-28(30)29-14-7-9-16-31(29)32)23-37(44)41-27-12-10-11-26(22-27)34(43)19-17-25-18-20-35(47-4)36(21-25)48-5/h6-16,18,20-22,32-34,43H,17,19,23-24H2,1-5H3,(H,41,44)(H,42,46)/t33-,34-/m0/s1. The molecule has 4 aromatic carbocycles. The van der Waals surface area contributed by atoms with Crippen LogP contribution < -0.4 is 20.1 Å². The van der Waals surface area contributed by atoms with Crippen molar-refractivity contribution in [1.29, 1.82) is 0 Å². The second-order valence-corrected chi connectivity index (χ2v) is 13.2. The van der Waals surface area contributed by atoms with Gasteiger partial charge in [-0.25, -0.2) is 9.59 Å². The van der Waals surface area contributed by atoms with Crippen molar-refractivity contribution >= 4 is 23.7 Å². The van der Waals surface area contributed by atoms with Gasteiger partial charge in [0.15, 0.2) is 11.5 Å². The summed E-state index contributed by atoms with van der Waals surface area (Å²) in [6, 6.07) is 27.1. The van der Waals surface area contributed by atoms with Gasteiger partial charge in [0.2, 0.25) is 5.91 Å². The van der Waals surface area contributed by atoms with Gasteiger partial charge < -0.3 is 34.7 Å². The Bertz CT molecular complexity index is 1790. The van der Waals surface area contributed by atoms with E-state index < -0.39 is 42.1 Å². The number of benzene rings is 4. The third-order valence-electron chi connectivity index (χ3n) is 8.43. The van der Waals surface area contributed by atoms with Crippen molar-refractivity contribution in [1.82, 2.24) is 5.32 Å². The van der Waals surface area contributed by atoms with Crippen LogP contribution in [0.15, 0.2) is 91.0 Å². The number of aliphatic hydroxyl groups excluding tert-OH is 1. The Hall–Kier alpha value is -5.35. The van der Waals surface area contributed by atoms with Crippen LogP contribution in [0.5, 0.6) is 11.5 Å². The Morgan fingerprint density at radius 3 is 2.12 bits per heavy atom. The average Bonchev–Trinajstić information content (AvgIpc) is 3.42. The molecule has 0 aromatic heterocycles. The molecule has 0 radical (unpaired) electrons. The highest BCUT2D eigenvalue weighted by atomic mass is 16.6. The quantitative estimate of drug-likeness (QED) is 0.129. The molecule has 0 fully saturated rings. The minimum atomic E-state index is -1.31. The molecule has 10 heteroatoms. The van der Waals surface area contributed by atoms with Crippen LogP contribution in [-0.2, 0) is 25.5 Å². The number of carbonyl (C=O) groups is 3. The largest absolute Gasteiger partial charge is 0.493 e. The number of rotatable bonds is 13. The molecule has 1 aliphatic rings. The number of esters is 1. The van der Waals surface area contributed by atoms with E-state index in [9.17, 15) is 19.5 Å². The Balaban J connectivity index is 1.20. The highest BCUT2D eigenvalue weighted by Gasteiger charge is 2.32. The van der Waals surface area contributed by atoms with E-state index in [0.29, 0.717) is 35.6 Å². The summed E-state index contributed by atoms with van der Waals surface area (Å²) in [5.74, 6) is -0.222. The Labute approximate surface area is 292 Å². The summed E-state index contributed by atoms with van der Waals surface area (Å²) < 4.78 is 21.8. The van der Waals surface area contributed by atoms with Crippen molar-refractivity contribution in [2.24, 2.45) is 0 Å². The zero-order valence-corrected chi connectivity index (χ0v) is 29.0. The van der Waals surface area contributed by atoms with Gasteiger partial charge in [0, 0.05) is 11.6 Å². The number of aliphatic hydroxyl groups is 1. The molecule has 10 nitrogen and oxygen atoms in total. The number of methoxy groups -OCH3 is 2. The second kappa shape index (κ2) is 15.9. The molecule has 0 heterocycles. The highest BCUT2D eigenvalue weighted by molar-refractivity contribution is 5.95. The minimum absolute atomic E-state index is 0.0498. The van der Waals surface area contributed by atoms with E-state index in [-0.39, 0.29) is 12.5 Å². The van der Waals surface area contributed by atoms with Crippen LogP contribution in [0.2, 0.25) is 0 Å². The van der Waals surface area contributed by atoms with E-state index in [4.69, 9.17) is 18.9 Å². The van der Waals surface area contributed by atoms with E-state index in [1.54, 1.807) is 59.3 Å². The zero-order valence-electron chi connectivity index (χ0n) is 29.0. The predicted octanol–water partition coefficient (Wildman–Crippen LogP) is 6.95. The molecule has 0 aliphatic heterocycles. The van der Waals surface area contributed by atoms with Gasteiger partial charge >= 0.3 is 12.1 Å². The van der Waals surface area contributed by atoms with Crippen molar-refractivity contribution in [2.75, 3.05) is 26.1 Å². The van der Waals surface area contributed by atoms with Crippen molar-refractivity contribution < 1.29 is 38.4 Å². The lowest BCUT2D eigenvalue weighted by molar-refractivity contribution is -0.158. The number of hydrogen-bond acceptors (Lipinski definition) is 8. The van der Waals surface area contributed by atoms with E-state index in [0.717, 1.165) is 27.8 Å². The van der Waals surface area contributed by atoms with Gasteiger partial charge in [-0.3, -0.25) is 4.79 Å². The first-order valence-electron chi connectivity index (χ1n) is 16.6. The number of alkyl carbamates (subject to hydrolysis) is 1. The lowest BCUT2D eigenvalue weighted by Gasteiger charge is -2.24. The molecule has 50 heavy (non-hydrogen) atoms. The smallest absolute Gasteiger partial charge is 0.407 e. The molecule has 0 unspecified atom stereocenters. The maximum absolute atomic E-state index is 13.2. The number of carbonyl (C=O) groups excluding carboxylic acids is 3. The Morgan fingerprint density at radius 1 is 0.820 bits per heavy atom. The van der Waals surface area contributed by atoms with Gasteiger partial charge in [0.1, 0.15) is 18.2 Å². The number of anilines is 1. The third-order valence-corrected chi connectivity index (χ3v) is 8.43. The van der Waals surface area contributed by atoms with Crippen LogP contribution in [0, 0.1) is 0 Å². The topological polar surface area (TPSA) is 132 Å². The van der Waals surface area contributed by atoms with Crippen LogP contribution in [0.4, 0.5) is 10.5 Å². The molecule has 3 N–H and O–H groups in total. The molecule has 1 aliphatic carbocycles. The summed E-state index contributed by atoms with van der Waals surface area (Å²) in [6.45, 7) is 5.17. The van der Waals surface area contributed by atoms with E-state index in [2.05, 4.69) is 10.6 Å². The summed E-state index contributed by atoms with van der Waals surface area (Å²) >= 11 is 0. The minimum Gasteiger partial charge on any atom is -0.493 e. The number of fused-ring (bicyclic) bond motifs is 3. The number of ether oxygens (including phenoxy) is 4. The number of hydrogen-bond donors (Lipinski definition) is 3. The molecule has 5 rings (SSSR count). The van der Waals surface area contributed by atoms with Crippen molar-refractivity contribution in [3.63, 3.8) is 0 Å². The molecule has 262 valence electrons. The predicted molar refractivity (Wildman–Crippen MR) is 190 cm³/mol. The van der Waals surface area contributed by atoms with Gasteiger partial charge in [-0.1, -0.05) is 66.7 Å². The summed E-state index contributed by atoms with van der Waals surface area (Å²) in [4.78, 5) is 39.5. The highest BCUT2D eigenvalue weighted by Crippen LogP contribution is 2.44. The van der Waals surface area contributed by atoms with Crippen LogP contribution in [0.3, 0.4) is 0 Å². The third kappa shape index (κ3) is 9.00. The summed E-state index contributed by atoms with van der Waals surface area (Å²) in [7, 11) is 3.15. The Morgan fingerprint density at radius 2 is 1.48 bits per heavy atom. The maximum Gasteiger partial charge on any atom is 0.407 e.